The quantitative estimate of drug-likeness (QED) is 0.176. The van der Waals surface area contributed by atoms with E-state index in [1.807, 2.05) is 29.7 Å². The lowest BCUT2D eigenvalue weighted by Crippen LogP contribution is -2.22. The highest BCUT2D eigenvalue weighted by Crippen LogP contribution is 2.59. The van der Waals surface area contributed by atoms with Crippen LogP contribution in [0, 0.1) is 0 Å². The van der Waals surface area contributed by atoms with Gasteiger partial charge in [-0.3, -0.25) is 4.98 Å². The number of rotatable bonds is 5. The van der Waals surface area contributed by atoms with E-state index in [1.165, 1.54) is 102 Å². The number of benzene rings is 5. The fourth-order valence-corrected chi connectivity index (χ4v) is 11.1. The van der Waals surface area contributed by atoms with Crippen molar-refractivity contribution in [2.24, 2.45) is 0 Å². The number of anilines is 5. The number of thioether (sulfide) groups is 1. The Morgan fingerprint density at radius 3 is 1.87 bits per heavy atom. The van der Waals surface area contributed by atoms with Crippen LogP contribution in [-0.2, 0) is 5.41 Å². The first kappa shape index (κ1) is 32.4. The monoisotopic (exact) mass is 721 g/mol. The molecule has 4 aliphatic rings. The topological polar surface area (TPSA) is 19.4 Å². The first-order valence-electron chi connectivity index (χ1n) is 18.6. The van der Waals surface area contributed by atoms with E-state index in [9.17, 15) is 0 Å². The molecule has 2 aliphatic heterocycles. The third kappa shape index (κ3) is 5.32. The molecule has 0 unspecified atom stereocenters. The van der Waals surface area contributed by atoms with Crippen molar-refractivity contribution in [3.63, 3.8) is 0 Å². The zero-order valence-electron chi connectivity index (χ0n) is 29.9. The molecule has 3 heterocycles. The maximum absolute atomic E-state index is 4.93. The van der Waals surface area contributed by atoms with Crippen LogP contribution in [0.1, 0.15) is 61.9 Å². The summed E-state index contributed by atoms with van der Waals surface area (Å²) >= 11 is 3.69. The summed E-state index contributed by atoms with van der Waals surface area (Å²) in [5.41, 5.74) is 15.2. The zero-order chi connectivity index (χ0) is 35.5. The average Bonchev–Trinajstić information content (AvgIpc) is 3.80. The second-order valence-electron chi connectivity index (χ2n) is 14.3. The van der Waals surface area contributed by atoms with E-state index in [1.54, 1.807) is 0 Å². The fraction of sp³-hybridized carbons (Fsp3) is 0.146. The Morgan fingerprint density at radius 1 is 0.604 bits per heavy atom. The van der Waals surface area contributed by atoms with Gasteiger partial charge in [-0.05, 0) is 121 Å². The molecular formula is C48H39N3S2. The number of hydrogen-bond acceptors (Lipinski definition) is 5. The molecule has 0 radical (unpaired) electrons. The lowest BCUT2D eigenvalue weighted by atomic mass is 9.76. The van der Waals surface area contributed by atoms with Crippen LogP contribution in [0.15, 0.2) is 165 Å². The molecule has 0 bridgehead atoms. The molecule has 53 heavy (non-hydrogen) atoms. The smallest absolute Gasteiger partial charge is 0.0646 e. The predicted molar refractivity (Wildman–Crippen MR) is 225 cm³/mol. The molecule has 3 nitrogen and oxygen atoms in total. The summed E-state index contributed by atoms with van der Waals surface area (Å²) in [5, 5.41) is 0. The number of allylic oxidation sites excluding steroid dienone is 3. The van der Waals surface area contributed by atoms with Crippen LogP contribution in [0.2, 0.25) is 0 Å². The molecule has 0 saturated heterocycles. The Balaban J connectivity index is 0.969. The molecule has 0 amide bonds. The third-order valence-electron chi connectivity index (χ3n) is 11.3. The van der Waals surface area contributed by atoms with Crippen molar-refractivity contribution in [2.45, 2.75) is 59.6 Å². The van der Waals surface area contributed by atoms with Gasteiger partial charge in [-0.2, -0.15) is 0 Å². The van der Waals surface area contributed by atoms with Gasteiger partial charge in [-0.25, -0.2) is 0 Å². The van der Waals surface area contributed by atoms with E-state index >= 15 is 0 Å². The number of aromatic nitrogens is 1. The zero-order valence-corrected chi connectivity index (χ0v) is 31.6. The summed E-state index contributed by atoms with van der Waals surface area (Å²) in [6.07, 6.45) is 15.7. The van der Waals surface area contributed by atoms with E-state index in [0.29, 0.717) is 0 Å². The number of hydrogen-bond donors (Lipinski definition) is 0. The molecule has 1 spiro atoms. The van der Waals surface area contributed by atoms with Gasteiger partial charge in [0.15, 0.2) is 0 Å². The van der Waals surface area contributed by atoms with Gasteiger partial charge in [0.25, 0.3) is 0 Å². The van der Waals surface area contributed by atoms with Gasteiger partial charge in [-0.1, -0.05) is 115 Å². The van der Waals surface area contributed by atoms with Crippen molar-refractivity contribution < 1.29 is 0 Å². The van der Waals surface area contributed by atoms with Crippen LogP contribution >= 0.6 is 23.5 Å². The fourth-order valence-electron chi connectivity index (χ4n) is 8.90. The number of pyridine rings is 1. The van der Waals surface area contributed by atoms with Crippen LogP contribution in [0.3, 0.4) is 0 Å². The van der Waals surface area contributed by atoms with Crippen LogP contribution in [0.25, 0.3) is 23.3 Å². The van der Waals surface area contributed by atoms with Crippen molar-refractivity contribution in [3.8, 4) is 11.1 Å². The minimum Gasteiger partial charge on any atom is -0.312 e. The molecule has 5 heteroatoms. The molecule has 5 aromatic carbocycles. The molecule has 2 aliphatic carbocycles. The Bertz CT molecular complexity index is 2460. The molecule has 1 saturated carbocycles. The van der Waals surface area contributed by atoms with Crippen LogP contribution in [-0.4, -0.2) is 4.98 Å². The predicted octanol–water partition coefficient (Wildman–Crippen LogP) is 14.1. The van der Waals surface area contributed by atoms with Crippen molar-refractivity contribution in [2.75, 3.05) is 9.80 Å². The van der Waals surface area contributed by atoms with E-state index in [4.69, 9.17) is 4.98 Å². The second kappa shape index (κ2) is 13.0. The van der Waals surface area contributed by atoms with E-state index in [-0.39, 0.29) is 5.41 Å². The van der Waals surface area contributed by atoms with E-state index < -0.39 is 0 Å². The first-order chi connectivity index (χ1) is 26.1. The third-order valence-corrected chi connectivity index (χ3v) is 13.7. The maximum atomic E-state index is 4.93. The molecule has 0 N–H and O–H groups in total. The largest absolute Gasteiger partial charge is 0.312 e. The highest BCUT2D eigenvalue weighted by molar-refractivity contribution is 8.03. The van der Waals surface area contributed by atoms with E-state index in [0.717, 1.165) is 11.4 Å². The molecule has 10 rings (SSSR count). The Kier molecular flexibility index (Phi) is 7.96. The van der Waals surface area contributed by atoms with Gasteiger partial charge in [-0.15, -0.1) is 0 Å². The standard InChI is InChI=1S/C48H39N3S2/c1-3-12-44-32(2)50(41-13-4-7-16-45(41)52-44)35-24-26-38-37-25-20-33(29-39(37)48(40(38)30-35)27-10-11-28-48)19-21-34-22-23-36(31-49-34)51-42-14-5-8-17-46(42)53-47-18-9-6-15-43(47)51/h3-9,12-26,29-31H,10-11,27-28H2,1-2H3. The van der Waals surface area contributed by atoms with Crippen LogP contribution in [0.4, 0.5) is 28.4 Å². The minimum absolute atomic E-state index is 0.0531. The summed E-state index contributed by atoms with van der Waals surface area (Å²) < 4.78 is 0. The van der Waals surface area contributed by atoms with Crippen LogP contribution < -0.4 is 9.80 Å². The van der Waals surface area contributed by atoms with Gasteiger partial charge in [0.1, 0.15) is 0 Å². The molecular weight excluding hydrogens is 683 g/mol. The number of nitrogens with zero attached hydrogens (tertiary/aromatic N) is 3. The highest BCUT2D eigenvalue weighted by atomic mass is 32.2. The van der Waals surface area contributed by atoms with E-state index in [2.05, 4.69) is 169 Å². The highest BCUT2D eigenvalue weighted by Gasteiger charge is 2.45. The van der Waals surface area contributed by atoms with Gasteiger partial charge in [0, 0.05) is 36.4 Å². The SMILES string of the molecule is CC=CC1=C(C)N(c2ccc3c(c2)C2(CCCC2)c2cc(C=Cc4ccc(N5c6ccccc6Sc6ccccc65)cn4)ccc2-3)c2ccccc2S1. The first-order valence-corrected chi connectivity index (χ1v) is 20.2. The van der Waals surface area contributed by atoms with Crippen molar-refractivity contribution >= 4 is 64.1 Å². The van der Waals surface area contributed by atoms with Crippen molar-refractivity contribution in [1.82, 2.24) is 4.98 Å². The van der Waals surface area contributed by atoms with Crippen molar-refractivity contribution in [1.29, 1.82) is 0 Å². The summed E-state index contributed by atoms with van der Waals surface area (Å²) in [5.74, 6) is 0. The number of para-hydroxylation sites is 3. The summed E-state index contributed by atoms with van der Waals surface area (Å²) in [6.45, 7) is 4.36. The van der Waals surface area contributed by atoms with Crippen molar-refractivity contribution in [3.05, 3.63) is 173 Å². The molecule has 6 aromatic rings. The normalized spacial score (nSPS) is 16.6. The van der Waals surface area contributed by atoms with Gasteiger partial charge >= 0.3 is 0 Å². The molecule has 1 fully saturated rings. The molecule has 1 aromatic heterocycles. The number of fused-ring (bicyclic) bond motifs is 8. The maximum Gasteiger partial charge on any atom is 0.0646 e. The summed E-state index contributed by atoms with van der Waals surface area (Å²) in [7, 11) is 0. The summed E-state index contributed by atoms with van der Waals surface area (Å²) in [6, 6.07) is 44.7. The van der Waals surface area contributed by atoms with Gasteiger partial charge < -0.3 is 9.80 Å². The summed E-state index contributed by atoms with van der Waals surface area (Å²) in [4.78, 5) is 14.8. The molecule has 0 atom stereocenters. The average molecular weight is 722 g/mol. The lowest BCUT2D eigenvalue weighted by Gasteiger charge is -2.34. The van der Waals surface area contributed by atoms with Gasteiger partial charge in [0.2, 0.25) is 0 Å². The minimum atomic E-state index is 0.0531. The van der Waals surface area contributed by atoms with Gasteiger partial charge in [0.05, 0.1) is 34.6 Å². The Labute approximate surface area is 320 Å². The van der Waals surface area contributed by atoms with Crippen LogP contribution in [0.5, 0.6) is 0 Å². The Hall–Kier alpha value is -5.23. The molecule has 258 valence electrons. The Morgan fingerprint density at radius 2 is 1.21 bits per heavy atom. The second-order valence-corrected chi connectivity index (χ2v) is 16.5. The lowest BCUT2D eigenvalue weighted by molar-refractivity contribution is 0.550.